The average Bonchev–Trinajstić information content (AvgIpc) is 2.37. The van der Waals surface area contributed by atoms with Crippen LogP contribution in [-0.4, -0.2) is 30.2 Å². The Hall–Kier alpha value is -0.510. The molecule has 0 bridgehead atoms. The standard InChI is InChI=1S/C14H20O2S/c1-11-3-2-4-13(9-11)17-10-14(15)12-5-7-16-8-6-12/h2-4,9,12,14-15H,5-8,10H2,1H3. The molecule has 2 rings (SSSR count). The number of aryl methyl sites for hydroxylation is 1. The summed E-state index contributed by atoms with van der Waals surface area (Å²) < 4.78 is 5.31. The second kappa shape index (κ2) is 6.43. The highest BCUT2D eigenvalue weighted by molar-refractivity contribution is 7.99. The highest BCUT2D eigenvalue weighted by Crippen LogP contribution is 2.25. The predicted octanol–water partition coefficient (Wildman–Crippen LogP) is 2.87. The van der Waals surface area contributed by atoms with Crippen LogP contribution in [0.3, 0.4) is 0 Å². The summed E-state index contributed by atoms with van der Waals surface area (Å²) in [4.78, 5) is 1.25. The van der Waals surface area contributed by atoms with E-state index in [0.29, 0.717) is 5.92 Å². The zero-order valence-corrected chi connectivity index (χ0v) is 11.1. The Morgan fingerprint density at radius 1 is 1.41 bits per heavy atom. The van der Waals surface area contributed by atoms with E-state index in [9.17, 15) is 5.11 Å². The molecule has 0 aromatic heterocycles. The van der Waals surface area contributed by atoms with E-state index < -0.39 is 0 Å². The predicted molar refractivity (Wildman–Crippen MR) is 71.5 cm³/mol. The van der Waals surface area contributed by atoms with Gasteiger partial charge in [-0.1, -0.05) is 17.7 Å². The molecule has 0 radical (unpaired) electrons. The number of benzene rings is 1. The van der Waals surface area contributed by atoms with Crippen molar-refractivity contribution < 1.29 is 9.84 Å². The van der Waals surface area contributed by atoms with Gasteiger partial charge in [0.1, 0.15) is 0 Å². The first-order valence-electron chi connectivity index (χ1n) is 6.21. The fraction of sp³-hybridized carbons (Fsp3) is 0.571. The first-order valence-corrected chi connectivity index (χ1v) is 7.19. The highest BCUT2D eigenvalue weighted by atomic mass is 32.2. The molecular formula is C14H20O2S. The SMILES string of the molecule is Cc1cccc(SCC(O)C2CCOCC2)c1. The Morgan fingerprint density at radius 3 is 2.88 bits per heavy atom. The normalized spacial score (nSPS) is 19.2. The van der Waals surface area contributed by atoms with Crippen molar-refractivity contribution in [1.29, 1.82) is 0 Å². The molecule has 1 fully saturated rings. The first-order chi connectivity index (χ1) is 8.25. The molecule has 1 aliphatic rings. The molecule has 1 aromatic carbocycles. The second-order valence-electron chi connectivity index (χ2n) is 4.64. The van der Waals surface area contributed by atoms with Gasteiger partial charge in [0, 0.05) is 23.9 Å². The highest BCUT2D eigenvalue weighted by Gasteiger charge is 2.21. The minimum absolute atomic E-state index is 0.204. The summed E-state index contributed by atoms with van der Waals surface area (Å²) in [6.45, 7) is 3.70. The van der Waals surface area contributed by atoms with Crippen molar-refractivity contribution in [2.75, 3.05) is 19.0 Å². The van der Waals surface area contributed by atoms with Crippen LogP contribution < -0.4 is 0 Å². The minimum Gasteiger partial charge on any atom is -0.392 e. The van der Waals surface area contributed by atoms with Crippen molar-refractivity contribution in [3.8, 4) is 0 Å². The molecule has 17 heavy (non-hydrogen) atoms. The third-order valence-electron chi connectivity index (χ3n) is 3.22. The first kappa shape index (κ1) is 12.9. The van der Waals surface area contributed by atoms with Gasteiger partial charge in [0.15, 0.2) is 0 Å². The van der Waals surface area contributed by atoms with E-state index >= 15 is 0 Å². The van der Waals surface area contributed by atoms with Gasteiger partial charge in [-0.15, -0.1) is 11.8 Å². The molecule has 1 saturated heterocycles. The number of aliphatic hydroxyl groups excluding tert-OH is 1. The van der Waals surface area contributed by atoms with Gasteiger partial charge in [0.2, 0.25) is 0 Å². The number of aliphatic hydroxyl groups is 1. The van der Waals surface area contributed by atoms with Crippen LogP contribution in [0.1, 0.15) is 18.4 Å². The van der Waals surface area contributed by atoms with Crippen molar-refractivity contribution in [2.24, 2.45) is 5.92 Å². The quantitative estimate of drug-likeness (QED) is 0.836. The van der Waals surface area contributed by atoms with Crippen LogP contribution in [0.15, 0.2) is 29.2 Å². The van der Waals surface area contributed by atoms with Gasteiger partial charge in [-0.3, -0.25) is 0 Å². The van der Waals surface area contributed by atoms with E-state index in [1.165, 1.54) is 10.5 Å². The van der Waals surface area contributed by atoms with Crippen molar-refractivity contribution in [3.63, 3.8) is 0 Å². The lowest BCUT2D eigenvalue weighted by Crippen LogP contribution is -2.28. The van der Waals surface area contributed by atoms with Crippen LogP contribution in [0.25, 0.3) is 0 Å². The molecule has 0 spiro atoms. The Morgan fingerprint density at radius 2 is 2.18 bits per heavy atom. The molecule has 2 nitrogen and oxygen atoms in total. The van der Waals surface area contributed by atoms with E-state index in [-0.39, 0.29) is 6.10 Å². The Labute approximate surface area is 107 Å². The summed E-state index contributed by atoms with van der Waals surface area (Å²) in [5.41, 5.74) is 1.27. The van der Waals surface area contributed by atoms with Gasteiger partial charge in [-0.05, 0) is 37.8 Å². The number of thioether (sulfide) groups is 1. The smallest absolute Gasteiger partial charge is 0.0663 e. The molecule has 1 aromatic rings. The maximum Gasteiger partial charge on any atom is 0.0663 e. The second-order valence-corrected chi connectivity index (χ2v) is 5.74. The maximum atomic E-state index is 10.1. The molecule has 3 heteroatoms. The van der Waals surface area contributed by atoms with Gasteiger partial charge in [-0.2, -0.15) is 0 Å². The largest absolute Gasteiger partial charge is 0.392 e. The van der Waals surface area contributed by atoms with Gasteiger partial charge in [0.25, 0.3) is 0 Å². The summed E-state index contributed by atoms with van der Waals surface area (Å²) in [6, 6.07) is 8.44. The summed E-state index contributed by atoms with van der Waals surface area (Å²) >= 11 is 1.75. The zero-order chi connectivity index (χ0) is 12.1. The number of ether oxygens (including phenoxy) is 1. The zero-order valence-electron chi connectivity index (χ0n) is 10.3. The van der Waals surface area contributed by atoms with Gasteiger partial charge < -0.3 is 9.84 Å². The minimum atomic E-state index is -0.204. The summed E-state index contributed by atoms with van der Waals surface area (Å²) in [5.74, 6) is 1.20. The van der Waals surface area contributed by atoms with E-state index in [2.05, 4.69) is 31.2 Å². The van der Waals surface area contributed by atoms with Crippen molar-refractivity contribution in [1.82, 2.24) is 0 Å². The van der Waals surface area contributed by atoms with Crippen molar-refractivity contribution >= 4 is 11.8 Å². The summed E-state index contributed by atoms with van der Waals surface area (Å²) in [7, 11) is 0. The molecule has 0 amide bonds. The van der Waals surface area contributed by atoms with Gasteiger partial charge in [-0.25, -0.2) is 0 Å². The molecule has 1 atom stereocenters. The maximum absolute atomic E-state index is 10.1. The van der Waals surface area contributed by atoms with E-state index in [1.54, 1.807) is 11.8 Å². The lowest BCUT2D eigenvalue weighted by Gasteiger charge is -2.26. The monoisotopic (exact) mass is 252 g/mol. The molecule has 94 valence electrons. The number of rotatable bonds is 4. The van der Waals surface area contributed by atoms with Gasteiger partial charge in [0.05, 0.1) is 6.10 Å². The summed E-state index contributed by atoms with van der Waals surface area (Å²) in [5, 5.41) is 10.1. The number of hydrogen-bond donors (Lipinski definition) is 1. The molecule has 1 N–H and O–H groups in total. The Balaban J connectivity index is 1.80. The summed E-state index contributed by atoms with van der Waals surface area (Å²) in [6.07, 6.45) is 1.79. The van der Waals surface area contributed by atoms with E-state index in [1.807, 2.05) is 0 Å². The Bertz CT molecular complexity index is 348. The van der Waals surface area contributed by atoms with Crippen molar-refractivity contribution in [2.45, 2.75) is 30.8 Å². The lowest BCUT2D eigenvalue weighted by molar-refractivity contribution is 0.0169. The van der Waals surface area contributed by atoms with E-state index in [0.717, 1.165) is 31.8 Å². The molecule has 1 unspecified atom stereocenters. The van der Waals surface area contributed by atoms with Gasteiger partial charge >= 0.3 is 0 Å². The fourth-order valence-corrected chi connectivity index (χ4v) is 3.20. The van der Waals surface area contributed by atoms with Crippen LogP contribution in [-0.2, 0) is 4.74 Å². The third kappa shape index (κ3) is 4.02. The lowest BCUT2D eigenvalue weighted by atomic mass is 9.95. The number of hydrogen-bond acceptors (Lipinski definition) is 3. The van der Waals surface area contributed by atoms with Crippen LogP contribution >= 0.6 is 11.8 Å². The van der Waals surface area contributed by atoms with Crippen LogP contribution in [0.5, 0.6) is 0 Å². The Kier molecular flexibility index (Phi) is 4.89. The van der Waals surface area contributed by atoms with Crippen LogP contribution in [0, 0.1) is 12.8 Å². The molecule has 1 heterocycles. The van der Waals surface area contributed by atoms with Crippen molar-refractivity contribution in [3.05, 3.63) is 29.8 Å². The van der Waals surface area contributed by atoms with Crippen LogP contribution in [0.2, 0.25) is 0 Å². The topological polar surface area (TPSA) is 29.5 Å². The van der Waals surface area contributed by atoms with E-state index in [4.69, 9.17) is 4.74 Å². The third-order valence-corrected chi connectivity index (χ3v) is 4.32. The van der Waals surface area contributed by atoms with Crippen LogP contribution in [0.4, 0.5) is 0 Å². The fourth-order valence-electron chi connectivity index (χ4n) is 2.12. The average molecular weight is 252 g/mol. The molecule has 0 saturated carbocycles. The molecule has 0 aliphatic carbocycles. The molecule has 1 aliphatic heterocycles. The molecular weight excluding hydrogens is 232 g/mol.